The van der Waals surface area contributed by atoms with Crippen molar-refractivity contribution in [1.82, 2.24) is 4.90 Å². The fourth-order valence-electron chi connectivity index (χ4n) is 1.86. The predicted molar refractivity (Wildman–Crippen MR) is 76.3 cm³/mol. The third-order valence-electron chi connectivity index (χ3n) is 2.97. The van der Waals surface area contributed by atoms with Crippen molar-refractivity contribution >= 4 is 17.7 Å². The molecule has 0 N–H and O–H groups in total. The van der Waals surface area contributed by atoms with Crippen LogP contribution in [0.4, 0.5) is 0 Å². The minimum atomic E-state index is 0.0840. The quantitative estimate of drug-likeness (QED) is 0.829. The van der Waals surface area contributed by atoms with Crippen LogP contribution in [0.3, 0.4) is 0 Å². The lowest BCUT2D eigenvalue weighted by Gasteiger charge is -2.26. The molecule has 0 aliphatic carbocycles. The van der Waals surface area contributed by atoms with E-state index in [1.54, 1.807) is 18.9 Å². The molecule has 0 atom stereocenters. The van der Waals surface area contributed by atoms with Crippen LogP contribution in [0.15, 0.2) is 24.3 Å². The lowest BCUT2D eigenvalue weighted by atomic mass is 10.2. The molecule has 0 saturated carbocycles. The van der Waals surface area contributed by atoms with Gasteiger partial charge in [0.1, 0.15) is 12.4 Å². The molecule has 4 nitrogen and oxygen atoms in total. The van der Waals surface area contributed by atoms with Gasteiger partial charge in [0, 0.05) is 6.54 Å². The zero-order valence-corrected chi connectivity index (χ0v) is 11.9. The first-order valence-electron chi connectivity index (χ1n) is 6.36. The highest BCUT2D eigenvalue weighted by Crippen LogP contribution is 2.14. The first kappa shape index (κ1) is 14.2. The lowest BCUT2D eigenvalue weighted by molar-refractivity contribution is -0.135. The van der Waals surface area contributed by atoms with Gasteiger partial charge < -0.3 is 14.4 Å². The minimum Gasteiger partial charge on any atom is -0.497 e. The van der Waals surface area contributed by atoms with Gasteiger partial charge in [-0.3, -0.25) is 4.79 Å². The van der Waals surface area contributed by atoms with Crippen molar-refractivity contribution in [2.75, 3.05) is 31.9 Å². The summed E-state index contributed by atoms with van der Waals surface area (Å²) in [6.07, 6.45) is 1.08. The van der Waals surface area contributed by atoms with Gasteiger partial charge in [-0.1, -0.05) is 12.1 Å². The summed E-state index contributed by atoms with van der Waals surface area (Å²) in [5.74, 6) is 2.85. The Kier molecular flexibility index (Phi) is 5.54. The van der Waals surface area contributed by atoms with Gasteiger partial charge in [-0.25, -0.2) is 0 Å². The molecule has 1 saturated heterocycles. The summed E-state index contributed by atoms with van der Waals surface area (Å²) in [6, 6.07) is 7.67. The second-order valence-electron chi connectivity index (χ2n) is 4.39. The average molecular weight is 281 g/mol. The van der Waals surface area contributed by atoms with E-state index in [9.17, 15) is 4.79 Å². The summed E-state index contributed by atoms with van der Waals surface area (Å²) in [4.78, 5) is 13.7. The Morgan fingerprint density at radius 1 is 1.37 bits per heavy atom. The molecule has 0 aromatic heterocycles. The Morgan fingerprint density at radius 3 is 2.79 bits per heavy atom. The zero-order chi connectivity index (χ0) is 13.5. The second kappa shape index (κ2) is 7.40. The number of benzene rings is 1. The van der Waals surface area contributed by atoms with Crippen LogP contribution in [0.25, 0.3) is 0 Å². The highest BCUT2D eigenvalue weighted by atomic mass is 32.2. The number of hydrogen-bond acceptors (Lipinski definition) is 4. The van der Waals surface area contributed by atoms with E-state index in [-0.39, 0.29) is 12.5 Å². The SMILES string of the molecule is COc1ccc(COCC(=O)N2CCCSC2)cc1. The van der Waals surface area contributed by atoms with E-state index < -0.39 is 0 Å². The minimum absolute atomic E-state index is 0.0840. The maximum atomic E-state index is 11.9. The Hall–Kier alpha value is -1.20. The van der Waals surface area contributed by atoms with Gasteiger partial charge in [-0.15, -0.1) is 11.8 Å². The summed E-state index contributed by atoms with van der Waals surface area (Å²) < 4.78 is 10.6. The molecule has 2 rings (SSSR count). The Morgan fingerprint density at radius 2 is 2.16 bits per heavy atom. The maximum absolute atomic E-state index is 11.9. The fourth-order valence-corrected chi connectivity index (χ4v) is 2.82. The number of nitrogens with zero attached hydrogens (tertiary/aromatic N) is 1. The molecule has 0 radical (unpaired) electrons. The summed E-state index contributed by atoms with van der Waals surface area (Å²) in [6.45, 7) is 1.47. The van der Waals surface area contributed by atoms with Crippen molar-refractivity contribution in [2.45, 2.75) is 13.0 Å². The highest BCUT2D eigenvalue weighted by molar-refractivity contribution is 7.99. The van der Waals surface area contributed by atoms with Gasteiger partial charge in [0.05, 0.1) is 19.6 Å². The third kappa shape index (κ3) is 4.44. The molecule has 0 unspecified atom stereocenters. The summed E-state index contributed by atoms with van der Waals surface area (Å²) in [5.41, 5.74) is 1.04. The number of ether oxygens (including phenoxy) is 2. The molecule has 19 heavy (non-hydrogen) atoms. The van der Waals surface area contributed by atoms with Crippen LogP contribution in [-0.4, -0.2) is 42.7 Å². The topological polar surface area (TPSA) is 38.8 Å². The molecule has 1 aromatic rings. The molecule has 1 amide bonds. The number of amides is 1. The van der Waals surface area contributed by atoms with Crippen molar-refractivity contribution in [2.24, 2.45) is 0 Å². The van der Waals surface area contributed by atoms with Gasteiger partial charge in [-0.05, 0) is 29.9 Å². The third-order valence-corrected chi connectivity index (χ3v) is 4.04. The summed E-state index contributed by atoms with van der Waals surface area (Å²) >= 11 is 1.80. The van der Waals surface area contributed by atoms with Crippen LogP contribution < -0.4 is 4.74 Å². The van der Waals surface area contributed by atoms with E-state index in [0.29, 0.717) is 6.61 Å². The maximum Gasteiger partial charge on any atom is 0.249 e. The van der Waals surface area contributed by atoms with E-state index in [0.717, 1.165) is 35.9 Å². The molecule has 1 aromatic carbocycles. The van der Waals surface area contributed by atoms with Crippen LogP contribution in [-0.2, 0) is 16.1 Å². The first-order valence-corrected chi connectivity index (χ1v) is 7.51. The molecule has 104 valence electrons. The number of thioether (sulfide) groups is 1. The zero-order valence-electron chi connectivity index (χ0n) is 11.1. The van der Waals surface area contributed by atoms with Crippen LogP contribution in [0.5, 0.6) is 5.75 Å². The molecule has 1 aliphatic heterocycles. The van der Waals surface area contributed by atoms with E-state index in [4.69, 9.17) is 9.47 Å². The number of carbonyl (C=O) groups is 1. The highest BCUT2D eigenvalue weighted by Gasteiger charge is 2.16. The molecular formula is C14H19NO3S. The van der Waals surface area contributed by atoms with Gasteiger partial charge in [-0.2, -0.15) is 0 Å². The molecule has 0 spiro atoms. The molecule has 0 bridgehead atoms. The Bertz CT molecular complexity index is 402. The first-order chi connectivity index (χ1) is 9.29. The normalized spacial score (nSPS) is 15.3. The summed E-state index contributed by atoms with van der Waals surface area (Å²) in [5, 5.41) is 0. The van der Waals surface area contributed by atoms with Gasteiger partial charge in [0.15, 0.2) is 0 Å². The molecule has 1 aliphatic rings. The molecule has 5 heteroatoms. The number of carbonyl (C=O) groups excluding carboxylic acids is 1. The number of methoxy groups -OCH3 is 1. The van der Waals surface area contributed by atoms with E-state index in [1.165, 1.54) is 0 Å². The monoisotopic (exact) mass is 281 g/mol. The van der Waals surface area contributed by atoms with Crippen molar-refractivity contribution in [3.05, 3.63) is 29.8 Å². The summed E-state index contributed by atoms with van der Waals surface area (Å²) in [7, 11) is 1.64. The molecule has 1 heterocycles. The van der Waals surface area contributed by atoms with E-state index >= 15 is 0 Å². The number of hydrogen-bond donors (Lipinski definition) is 0. The van der Waals surface area contributed by atoms with Crippen molar-refractivity contribution in [3.63, 3.8) is 0 Å². The predicted octanol–water partition coefficient (Wildman–Crippen LogP) is 2.13. The largest absolute Gasteiger partial charge is 0.497 e. The van der Waals surface area contributed by atoms with Crippen molar-refractivity contribution in [3.8, 4) is 5.75 Å². The Labute approximate surface area is 118 Å². The van der Waals surface area contributed by atoms with E-state index in [1.807, 2.05) is 29.2 Å². The fraction of sp³-hybridized carbons (Fsp3) is 0.500. The smallest absolute Gasteiger partial charge is 0.249 e. The van der Waals surface area contributed by atoms with Gasteiger partial charge in [0.2, 0.25) is 5.91 Å². The van der Waals surface area contributed by atoms with E-state index in [2.05, 4.69) is 0 Å². The van der Waals surface area contributed by atoms with Crippen LogP contribution in [0, 0.1) is 0 Å². The average Bonchev–Trinajstić information content (AvgIpc) is 2.49. The standard InChI is InChI=1S/C14H19NO3S/c1-17-13-5-3-12(4-6-13)9-18-10-14(16)15-7-2-8-19-11-15/h3-6H,2,7-11H2,1H3. The molecular weight excluding hydrogens is 262 g/mol. The van der Waals surface area contributed by atoms with Crippen LogP contribution in [0.1, 0.15) is 12.0 Å². The van der Waals surface area contributed by atoms with Crippen molar-refractivity contribution in [1.29, 1.82) is 0 Å². The lowest BCUT2D eigenvalue weighted by Crippen LogP contribution is -2.37. The number of rotatable bonds is 5. The second-order valence-corrected chi connectivity index (χ2v) is 5.46. The Balaban J connectivity index is 1.71. The van der Waals surface area contributed by atoms with Crippen LogP contribution >= 0.6 is 11.8 Å². The van der Waals surface area contributed by atoms with Gasteiger partial charge >= 0.3 is 0 Å². The van der Waals surface area contributed by atoms with Gasteiger partial charge in [0.25, 0.3) is 0 Å². The van der Waals surface area contributed by atoms with Crippen LogP contribution in [0.2, 0.25) is 0 Å². The van der Waals surface area contributed by atoms with Crippen molar-refractivity contribution < 1.29 is 14.3 Å². The molecule has 1 fully saturated rings.